The van der Waals surface area contributed by atoms with Crippen molar-refractivity contribution in [1.82, 2.24) is 24.7 Å². The van der Waals surface area contributed by atoms with Gasteiger partial charge in [-0.05, 0) is 56.0 Å². The molecule has 0 radical (unpaired) electrons. The van der Waals surface area contributed by atoms with Crippen LogP contribution < -0.4 is 22.1 Å². The number of carbonyl (C=O) groups is 1. The number of hydrogen-bond donors (Lipinski definition) is 3. The minimum Gasteiger partial charge on any atom is -0.328 e. The third-order valence-corrected chi connectivity index (χ3v) is 7.15. The highest BCUT2D eigenvalue weighted by molar-refractivity contribution is 6.31. The van der Waals surface area contributed by atoms with Crippen molar-refractivity contribution in [2.24, 2.45) is 5.73 Å². The average Bonchev–Trinajstić information content (AvgIpc) is 2.84. The molecule has 10 heteroatoms. The smallest absolute Gasteiger partial charge is 0.328 e. The van der Waals surface area contributed by atoms with E-state index in [9.17, 15) is 9.59 Å². The van der Waals surface area contributed by atoms with Gasteiger partial charge in [-0.25, -0.2) is 9.59 Å². The zero-order valence-electron chi connectivity index (χ0n) is 19.7. The Morgan fingerprint density at radius 2 is 1.97 bits per heavy atom. The quantitative estimate of drug-likeness (QED) is 0.577. The third-order valence-electron chi connectivity index (χ3n) is 6.80. The predicted octanol–water partition coefficient (Wildman–Crippen LogP) is 2.41. The van der Waals surface area contributed by atoms with Gasteiger partial charge >= 0.3 is 11.7 Å². The molecule has 9 nitrogen and oxygen atoms in total. The van der Waals surface area contributed by atoms with E-state index in [1.807, 2.05) is 12.1 Å². The summed E-state index contributed by atoms with van der Waals surface area (Å²) in [6.07, 6.45) is 5.97. The maximum Gasteiger partial charge on any atom is 0.354 e. The Morgan fingerprint density at radius 3 is 2.62 bits per heavy atom. The second kappa shape index (κ2) is 11.3. The summed E-state index contributed by atoms with van der Waals surface area (Å²) in [5.74, 6) is 0.235. The Hall–Kier alpha value is -2.46. The van der Waals surface area contributed by atoms with Crippen molar-refractivity contribution in [1.29, 1.82) is 0 Å². The van der Waals surface area contributed by atoms with Crippen molar-refractivity contribution < 1.29 is 4.79 Å². The molecule has 2 aromatic rings. The molecule has 0 bridgehead atoms. The molecule has 184 valence electrons. The van der Waals surface area contributed by atoms with Gasteiger partial charge in [-0.2, -0.15) is 4.98 Å². The maximum atomic E-state index is 12.7. The number of amides is 2. The molecule has 1 aromatic heterocycles. The van der Waals surface area contributed by atoms with Gasteiger partial charge in [0.15, 0.2) is 0 Å². The zero-order chi connectivity index (χ0) is 24.1. The Kier molecular flexibility index (Phi) is 8.20. The molecule has 4 rings (SSSR count). The fourth-order valence-corrected chi connectivity index (χ4v) is 4.96. The second-order valence-corrected chi connectivity index (χ2v) is 9.45. The lowest BCUT2D eigenvalue weighted by Crippen LogP contribution is -2.48. The van der Waals surface area contributed by atoms with Gasteiger partial charge in [-0.15, -0.1) is 0 Å². The number of piperazine rings is 1. The zero-order valence-corrected chi connectivity index (χ0v) is 20.4. The fraction of sp³-hybridized carbons (Fsp3) is 0.542. The lowest BCUT2D eigenvalue weighted by Gasteiger charge is -2.35. The Morgan fingerprint density at radius 1 is 1.24 bits per heavy atom. The molecular weight excluding hydrogens is 454 g/mol. The molecule has 2 amide bonds. The molecule has 0 unspecified atom stereocenters. The van der Waals surface area contributed by atoms with Crippen LogP contribution in [-0.4, -0.2) is 70.2 Å². The summed E-state index contributed by atoms with van der Waals surface area (Å²) >= 11 is 6.63. The van der Waals surface area contributed by atoms with Crippen LogP contribution in [0.1, 0.15) is 38.2 Å². The number of nitrogens with one attached hydrogen (secondary N) is 2. The highest BCUT2D eigenvalue weighted by atomic mass is 35.5. The van der Waals surface area contributed by atoms with Crippen LogP contribution in [0.3, 0.4) is 0 Å². The molecule has 0 atom stereocenters. The molecule has 1 aliphatic heterocycles. The minimum absolute atomic E-state index is 0.235. The summed E-state index contributed by atoms with van der Waals surface area (Å²) in [6.45, 7) is 6.63. The van der Waals surface area contributed by atoms with Crippen LogP contribution >= 0.6 is 11.6 Å². The van der Waals surface area contributed by atoms with E-state index in [1.165, 1.54) is 4.57 Å². The molecule has 2 heterocycles. The molecule has 34 heavy (non-hydrogen) atoms. The number of halogens is 1. The van der Waals surface area contributed by atoms with Gasteiger partial charge in [-0.3, -0.25) is 14.8 Å². The Balaban J connectivity index is 1.43. The lowest BCUT2D eigenvalue weighted by atomic mass is 9.90. The number of anilines is 1. The number of hydrogen-bond acceptors (Lipinski definition) is 6. The first kappa shape index (κ1) is 24.7. The summed E-state index contributed by atoms with van der Waals surface area (Å²) < 4.78 is 1.43. The van der Waals surface area contributed by atoms with Crippen LogP contribution in [-0.2, 0) is 6.54 Å². The first-order chi connectivity index (χ1) is 16.4. The van der Waals surface area contributed by atoms with Gasteiger partial charge < -0.3 is 16.0 Å². The summed E-state index contributed by atoms with van der Waals surface area (Å²) in [7, 11) is 0. The summed E-state index contributed by atoms with van der Waals surface area (Å²) in [5, 5.41) is 6.53. The molecule has 2 aliphatic rings. The van der Waals surface area contributed by atoms with Crippen molar-refractivity contribution in [3.63, 3.8) is 0 Å². The molecule has 1 aromatic carbocycles. The number of nitrogens with zero attached hydrogens (tertiary/aromatic N) is 4. The van der Waals surface area contributed by atoms with Crippen molar-refractivity contribution in [2.75, 3.05) is 38.0 Å². The number of nitrogens with two attached hydrogens (primary N) is 1. The SMILES string of the molecule is CCN(Cc1ccc(-n2ccc(NC(=O)N3CCNCC3)nc2=O)cc1Cl)[C@H]1CC[C@H](N)CC1. The third kappa shape index (κ3) is 5.96. The molecule has 2 fully saturated rings. The van der Waals surface area contributed by atoms with Gasteiger partial charge in [0.2, 0.25) is 0 Å². The van der Waals surface area contributed by atoms with E-state index in [1.54, 1.807) is 23.2 Å². The fourth-order valence-electron chi connectivity index (χ4n) is 4.72. The van der Waals surface area contributed by atoms with E-state index < -0.39 is 5.69 Å². The average molecular weight is 488 g/mol. The Labute approximate surface area is 205 Å². The van der Waals surface area contributed by atoms with Gasteiger partial charge in [0.25, 0.3) is 0 Å². The van der Waals surface area contributed by atoms with E-state index in [-0.39, 0.29) is 11.8 Å². The minimum atomic E-state index is -0.476. The number of benzene rings is 1. The molecule has 1 saturated heterocycles. The highest BCUT2D eigenvalue weighted by Gasteiger charge is 2.24. The molecule has 1 saturated carbocycles. The predicted molar refractivity (Wildman–Crippen MR) is 135 cm³/mol. The number of urea groups is 1. The summed E-state index contributed by atoms with van der Waals surface area (Å²) in [5.41, 5.74) is 7.26. The molecule has 1 aliphatic carbocycles. The summed E-state index contributed by atoms with van der Waals surface area (Å²) in [4.78, 5) is 33.2. The van der Waals surface area contributed by atoms with Crippen LogP contribution in [0.4, 0.5) is 10.6 Å². The van der Waals surface area contributed by atoms with E-state index >= 15 is 0 Å². The van der Waals surface area contributed by atoms with Gasteiger partial charge in [0.1, 0.15) is 5.82 Å². The van der Waals surface area contributed by atoms with Crippen molar-refractivity contribution in [3.8, 4) is 5.69 Å². The maximum absolute atomic E-state index is 12.7. The van der Waals surface area contributed by atoms with Crippen LogP contribution in [0, 0.1) is 0 Å². The van der Waals surface area contributed by atoms with Crippen LogP contribution in [0.25, 0.3) is 5.69 Å². The first-order valence-electron chi connectivity index (χ1n) is 12.1. The molecule has 4 N–H and O–H groups in total. The van der Waals surface area contributed by atoms with E-state index in [0.717, 1.165) is 57.4 Å². The first-order valence-corrected chi connectivity index (χ1v) is 12.5. The monoisotopic (exact) mass is 487 g/mol. The van der Waals surface area contributed by atoms with E-state index in [0.29, 0.717) is 35.9 Å². The van der Waals surface area contributed by atoms with Crippen molar-refractivity contribution in [3.05, 3.63) is 51.5 Å². The molecule has 0 spiro atoms. The number of carbonyl (C=O) groups excluding carboxylic acids is 1. The van der Waals surface area contributed by atoms with Crippen LogP contribution in [0.5, 0.6) is 0 Å². The van der Waals surface area contributed by atoms with E-state index in [4.69, 9.17) is 17.3 Å². The Bertz CT molecular complexity index is 1050. The topological polar surface area (TPSA) is 109 Å². The second-order valence-electron chi connectivity index (χ2n) is 9.04. The number of rotatable bonds is 6. The normalized spacial score (nSPS) is 21.0. The van der Waals surface area contributed by atoms with E-state index in [2.05, 4.69) is 27.4 Å². The van der Waals surface area contributed by atoms with Gasteiger partial charge in [0.05, 0.1) is 5.69 Å². The largest absolute Gasteiger partial charge is 0.354 e. The molecular formula is C24H34ClN7O2. The highest BCUT2D eigenvalue weighted by Crippen LogP contribution is 2.26. The van der Waals surface area contributed by atoms with Crippen molar-refractivity contribution in [2.45, 2.75) is 51.2 Å². The van der Waals surface area contributed by atoms with Crippen LogP contribution in [0.2, 0.25) is 5.02 Å². The summed E-state index contributed by atoms with van der Waals surface area (Å²) in [6, 6.07) is 7.87. The van der Waals surface area contributed by atoms with Crippen molar-refractivity contribution >= 4 is 23.4 Å². The lowest BCUT2D eigenvalue weighted by molar-refractivity contribution is 0.149. The van der Waals surface area contributed by atoms with Gasteiger partial charge in [-0.1, -0.05) is 24.6 Å². The van der Waals surface area contributed by atoms with Crippen LogP contribution in [0.15, 0.2) is 35.3 Å². The van der Waals surface area contributed by atoms with Gasteiger partial charge in [0, 0.05) is 56.0 Å². The number of aromatic nitrogens is 2. The standard InChI is InChI=1S/C24H34ClN7O2/c1-2-30(19-7-4-18(26)5-8-19)16-17-3-6-20(15-21(17)25)32-12-9-22(29-24(32)34)28-23(33)31-13-10-27-11-14-31/h3,6,9,12,15,18-19,27H,2,4-5,7-8,10-11,13-14,16,26H2,1H3,(H,28,29,33,34)/t18-,19-.